The third-order valence-electron chi connectivity index (χ3n) is 3.22. The second kappa shape index (κ2) is 5.00. The molecule has 1 aliphatic heterocycles. The molecule has 0 saturated carbocycles. The van der Waals surface area contributed by atoms with Crippen molar-refractivity contribution in [2.75, 3.05) is 18.5 Å². The summed E-state index contributed by atoms with van der Waals surface area (Å²) >= 11 is 0. The predicted octanol–water partition coefficient (Wildman–Crippen LogP) is 2.58. The lowest BCUT2D eigenvalue weighted by Crippen LogP contribution is -2.32. The SMILES string of the molecule is CC(C)c1cc(NCC2(C)CCCO2)ncn1. The third-order valence-corrected chi connectivity index (χ3v) is 3.22. The molecule has 1 aromatic heterocycles. The van der Waals surface area contributed by atoms with Crippen molar-refractivity contribution >= 4 is 5.82 Å². The Bertz CT molecular complexity index is 373. The lowest BCUT2D eigenvalue weighted by atomic mass is 10.0. The fourth-order valence-electron chi connectivity index (χ4n) is 2.04. The number of hydrogen-bond donors (Lipinski definition) is 1. The molecular weight excluding hydrogens is 214 g/mol. The number of ether oxygens (including phenoxy) is 1. The molecule has 1 saturated heterocycles. The summed E-state index contributed by atoms with van der Waals surface area (Å²) < 4.78 is 5.73. The largest absolute Gasteiger partial charge is 0.373 e. The average molecular weight is 235 g/mol. The summed E-state index contributed by atoms with van der Waals surface area (Å²) in [5, 5.41) is 3.35. The molecule has 94 valence electrons. The summed E-state index contributed by atoms with van der Waals surface area (Å²) in [6, 6.07) is 2.02. The zero-order valence-electron chi connectivity index (χ0n) is 10.9. The first-order valence-electron chi connectivity index (χ1n) is 6.29. The molecule has 0 amide bonds. The van der Waals surface area contributed by atoms with Gasteiger partial charge in [0, 0.05) is 24.9 Å². The number of anilines is 1. The molecule has 0 radical (unpaired) electrons. The van der Waals surface area contributed by atoms with E-state index in [0.717, 1.165) is 37.5 Å². The zero-order valence-corrected chi connectivity index (χ0v) is 10.9. The highest BCUT2D eigenvalue weighted by Crippen LogP contribution is 2.25. The average Bonchev–Trinajstić information content (AvgIpc) is 2.75. The third kappa shape index (κ3) is 3.16. The van der Waals surface area contributed by atoms with Crippen LogP contribution in [-0.4, -0.2) is 28.7 Å². The van der Waals surface area contributed by atoms with E-state index in [-0.39, 0.29) is 5.60 Å². The number of aromatic nitrogens is 2. The molecule has 1 N–H and O–H groups in total. The van der Waals surface area contributed by atoms with Crippen LogP contribution < -0.4 is 5.32 Å². The molecule has 2 rings (SSSR count). The Hall–Kier alpha value is -1.16. The summed E-state index contributed by atoms with van der Waals surface area (Å²) in [5.74, 6) is 1.32. The lowest BCUT2D eigenvalue weighted by Gasteiger charge is -2.23. The van der Waals surface area contributed by atoms with Crippen LogP contribution in [0, 0.1) is 0 Å². The van der Waals surface area contributed by atoms with Crippen LogP contribution in [-0.2, 0) is 4.74 Å². The van der Waals surface area contributed by atoms with Crippen molar-refractivity contribution in [3.8, 4) is 0 Å². The van der Waals surface area contributed by atoms with Gasteiger partial charge >= 0.3 is 0 Å². The van der Waals surface area contributed by atoms with E-state index in [1.807, 2.05) is 6.07 Å². The summed E-state index contributed by atoms with van der Waals surface area (Å²) in [6.45, 7) is 8.10. The molecule has 0 aliphatic carbocycles. The van der Waals surface area contributed by atoms with Gasteiger partial charge in [-0.2, -0.15) is 0 Å². The number of rotatable bonds is 4. The van der Waals surface area contributed by atoms with E-state index < -0.39 is 0 Å². The van der Waals surface area contributed by atoms with E-state index in [2.05, 4.69) is 36.1 Å². The van der Waals surface area contributed by atoms with Crippen molar-refractivity contribution in [2.45, 2.75) is 45.1 Å². The Balaban J connectivity index is 1.96. The minimum Gasteiger partial charge on any atom is -0.373 e. The highest BCUT2D eigenvalue weighted by Gasteiger charge is 2.29. The second-order valence-corrected chi connectivity index (χ2v) is 5.24. The molecule has 1 fully saturated rings. The van der Waals surface area contributed by atoms with E-state index in [9.17, 15) is 0 Å². The Morgan fingerprint density at radius 1 is 1.47 bits per heavy atom. The van der Waals surface area contributed by atoms with E-state index >= 15 is 0 Å². The molecule has 0 spiro atoms. The Morgan fingerprint density at radius 2 is 2.29 bits per heavy atom. The molecule has 1 aromatic rings. The van der Waals surface area contributed by atoms with Gasteiger partial charge in [-0.25, -0.2) is 9.97 Å². The van der Waals surface area contributed by atoms with E-state index in [1.54, 1.807) is 6.33 Å². The normalized spacial score (nSPS) is 24.2. The monoisotopic (exact) mass is 235 g/mol. The Kier molecular flexibility index (Phi) is 3.62. The van der Waals surface area contributed by atoms with Crippen LogP contribution in [0.15, 0.2) is 12.4 Å². The molecule has 17 heavy (non-hydrogen) atoms. The van der Waals surface area contributed by atoms with Crippen LogP contribution in [0.1, 0.15) is 45.2 Å². The molecule has 0 bridgehead atoms. The van der Waals surface area contributed by atoms with Crippen LogP contribution in [0.5, 0.6) is 0 Å². The highest BCUT2D eigenvalue weighted by atomic mass is 16.5. The molecule has 0 aromatic carbocycles. The minimum absolute atomic E-state index is 0.0387. The van der Waals surface area contributed by atoms with E-state index in [1.165, 1.54) is 0 Å². The molecule has 2 heterocycles. The fraction of sp³-hybridized carbons (Fsp3) is 0.692. The quantitative estimate of drug-likeness (QED) is 0.871. The van der Waals surface area contributed by atoms with Gasteiger partial charge in [-0.05, 0) is 25.7 Å². The van der Waals surface area contributed by atoms with Crippen molar-refractivity contribution < 1.29 is 4.74 Å². The van der Waals surface area contributed by atoms with Gasteiger partial charge < -0.3 is 10.1 Å². The smallest absolute Gasteiger partial charge is 0.129 e. The van der Waals surface area contributed by atoms with Gasteiger partial charge in [0.15, 0.2) is 0 Å². The maximum Gasteiger partial charge on any atom is 0.129 e. The van der Waals surface area contributed by atoms with Gasteiger partial charge in [0.25, 0.3) is 0 Å². The summed E-state index contributed by atoms with van der Waals surface area (Å²) in [6.07, 6.45) is 3.89. The summed E-state index contributed by atoms with van der Waals surface area (Å²) in [5.41, 5.74) is 1.03. The molecule has 1 aliphatic rings. The predicted molar refractivity (Wildman–Crippen MR) is 68.2 cm³/mol. The molecule has 4 heteroatoms. The van der Waals surface area contributed by atoms with Crippen LogP contribution >= 0.6 is 0 Å². The molecular formula is C13H21N3O. The number of nitrogens with one attached hydrogen (secondary N) is 1. The summed E-state index contributed by atoms with van der Waals surface area (Å²) in [4.78, 5) is 8.49. The second-order valence-electron chi connectivity index (χ2n) is 5.24. The number of hydrogen-bond acceptors (Lipinski definition) is 4. The van der Waals surface area contributed by atoms with Crippen molar-refractivity contribution in [3.63, 3.8) is 0 Å². The van der Waals surface area contributed by atoms with Crippen molar-refractivity contribution in [1.82, 2.24) is 9.97 Å². The topological polar surface area (TPSA) is 47.0 Å². The minimum atomic E-state index is -0.0387. The standard InChI is InChI=1S/C13H21N3O/c1-10(2)11-7-12(16-9-15-11)14-8-13(3)5-4-6-17-13/h7,9-10H,4-6,8H2,1-3H3,(H,14,15,16). The van der Waals surface area contributed by atoms with Crippen LogP contribution in [0.25, 0.3) is 0 Å². The van der Waals surface area contributed by atoms with Gasteiger partial charge in [0.05, 0.1) is 5.60 Å². The molecule has 1 unspecified atom stereocenters. The highest BCUT2D eigenvalue weighted by molar-refractivity contribution is 5.36. The molecule has 1 atom stereocenters. The Morgan fingerprint density at radius 3 is 2.94 bits per heavy atom. The van der Waals surface area contributed by atoms with Gasteiger partial charge in [0.2, 0.25) is 0 Å². The van der Waals surface area contributed by atoms with Gasteiger partial charge in [-0.3, -0.25) is 0 Å². The zero-order chi connectivity index (χ0) is 12.3. The first-order valence-corrected chi connectivity index (χ1v) is 6.29. The Labute approximate surface area is 103 Å². The van der Waals surface area contributed by atoms with Gasteiger partial charge in [-0.1, -0.05) is 13.8 Å². The summed E-state index contributed by atoms with van der Waals surface area (Å²) in [7, 11) is 0. The van der Waals surface area contributed by atoms with Crippen LogP contribution in [0.4, 0.5) is 5.82 Å². The van der Waals surface area contributed by atoms with E-state index in [0.29, 0.717) is 5.92 Å². The van der Waals surface area contributed by atoms with Crippen molar-refractivity contribution in [2.24, 2.45) is 0 Å². The first kappa shape index (κ1) is 12.3. The van der Waals surface area contributed by atoms with Gasteiger partial charge in [0.1, 0.15) is 12.1 Å². The maximum absolute atomic E-state index is 5.73. The number of nitrogens with zero attached hydrogens (tertiary/aromatic N) is 2. The van der Waals surface area contributed by atoms with Crippen LogP contribution in [0.2, 0.25) is 0 Å². The van der Waals surface area contributed by atoms with Crippen molar-refractivity contribution in [1.29, 1.82) is 0 Å². The first-order chi connectivity index (χ1) is 8.09. The van der Waals surface area contributed by atoms with E-state index in [4.69, 9.17) is 4.74 Å². The van der Waals surface area contributed by atoms with Crippen molar-refractivity contribution in [3.05, 3.63) is 18.1 Å². The maximum atomic E-state index is 5.73. The van der Waals surface area contributed by atoms with Crippen LogP contribution in [0.3, 0.4) is 0 Å². The van der Waals surface area contributed by atoms with Gasteiger partial charge in [-0.15, -0.1) is 0 Å². The lowest BCUT2D eigenvalue weighted by molar-refractivity contribution is 0.0315. The fourth-order valence-corrected chi connectivity index (χ4v) is 2.04. The molecule has 4 nitrogen and oxygen atoms in total.